The van der Waals surface area contributed by atoms with E-state index in [1.165, 1.54) is 12.8 Å². The zero-order valence-corrected chi connectivity index (χ0v) is 15.3. The summed E-state index contributed by atoms with van der Waals surface area (Å²) in [5.74, 6) is -0.0148. The second kappa shape index (κ2) is 7.89. The summed E-state index contributed by atoms with van der Waals surface area (Å²) in [5.41, 5.74) is 2.81. The van der Waals surface area contributed by atoms with Gasteiger partial charge in [-0.15, -0.1) is 0 Å². The largest absolute Gasteiger partial charge is 0.385 e. The maximum Gasteiger partial charge on any atom is 0.255 e. The van der Waals surface area contributed by atoms with Crippen molar-refractivity contribution in [2.24, 2.45) is 0 Å². The monoisotopic (exact) mass is 343 g/mol. The number of amides is 2. The number of carbonyl (C=O) groups excluding carboxylic acids is 2. The van der Waals surface area contributed by atoms with Crippen molar-refractivity contribution in [2.75, 3.05) is 11.9 Å². The topological polar surface area (TPSA) is 61.4 Å². The van der Waals surface area contributed by atoms with Crippen LogP contribution in [0.3, 0.4) is 0 Å². The molecule has 0 bridgehead atoms. The number of carbonyl (C=O) groups is 2. The van der Waals surface area contributed by atoms with Crippen LogP contribution in [-0.2, 0) is 11.3 Å². The molecule has 2 amide bonds. The summed E-state index contributed by atoms with van der Waals surface area (Å²) in [6.45, 7) is 5.72. The lowest BCUT2D eigenvalue weighted by molar-refractivity contribution is -0.128. The van der Waals surface area contributed by atoms with Crippen molar-refractivity contribution in [3.8, 4) is 0 Å². The van der Waals surface area contributed by atoms with Gasteiger partial charge in [0.25, 0.3) is 5.91 Å². The van der Waals surface area contributed by atoms with Crippen molar-refractivity contribution >= 4 is 17.5 Å². The number of unbranched alkanes of at least 4 members (excludes halogenated alkanes) is 2. The maximum absolute atomic E-state index is 12.8. The molecule has 136 valence electrons. The van der Waals surface area contributed by atoms with Gasteiger partial charge in [0.1, 0.15) is 6.04 Å². The van der Waals surface area contributed by atoms with Crippen LogP contribution < -0.4 is 10.6 Å². The van der Waals surface area contributed by atoms with Gasteiger partial charge in [0.15, 0.2) is 0 Å². The van der Waals surface area contributed by atoms with Gasteiger partial charge < -0.3 is 15.5 Å². The van der Waals surface area contributed by atoms with E-state index in [1.54, 1.807) is 4.90 Å². The SMILES string of the molecule is CCCCCNc1cccc2c1CN(C1CCC(CC)NC1=O)C2=O. The predicted molar refractivity (Wildman–Crippen MR) is 99.6 cm³/mol. The van der Waals surface area contributed by atoms with E-state index >= 15 is 0 Å². The third-order valence-corrected chi connectivity index (χ3v) is 5.40. The molecular weight excluding hydrogens is 314 g/mol. The van der Waals surface area contributed by atoms with Crippen LogP contribution in [0, 0.1) is 0 Å². The second-order valence-electron chi connectivity index (χ2n) is 7.11. The Kier molecular flexibility index (Phi) is 5.61. The van der Waals surface area contributed by atoms with Crippen molar-refractivity contribution in [1.82, 2.24) is 10.2 Å². The Morgan fingerprint density at radius 1 is 1.20 bits per heavy atom. The molecule has 3 rings (SSSR count). The highest BCUT2D eigenvalue weighted by Gasteiger charge is 2.39. The van der Waals surface area contributed by atoms with E-state index in [9.17, 15) is 9.59 Å². The lowest BCUT2D eigenvalue weighted by Gasteiger charge is -2.34. The average molecular weight is 343 g/mol. The lowest BCUT2D eigenvalue weighted by Crippen LogP contribution is -2.53. The van der Waals surface area contributed by atoms with Gasteiger partial charge in [-0.3, -0.25) is 9.59 Å². The number of hydrogen-bond acceptors (Lipinski definition) is 3. The number of rotatable bonds is 7. The molecule has 5 nitrogen and oxygen atoms in total. The molecule has 0 spiro atoms. The van der Waals surface area contributed by atoms with E-state index in [4.69, 9.17) is 0 Å². The van der Waals surface area contributed by atoms with Gasteiger partial charge in [0.05, 0.1) is 0 Å². The van der Waals surface area contributed by atoms with Crippen LogP contribution in [0.2, 0.25) is 0 Å². The molecular formula is C20H29N3O2. The van der Waals surface area contributed by atoms with Crippen LogP contribution in [0.1, 0.15) is 68.3 Å². The van der Waals surface area contributed by atoms with E-state index in [2.05, 4.69) is 24.5 Å². The number of anilines is 1. The number of piperidine rings is 1. The standard InChI is InChI=1S/C20H29N3O2/c1-3-5-6-12-21-17-9-7-8-15-16(17)13-23(20(15)25)18-11-10-14(4-2)22-19(18)24/h7-9,14,18,21H,3-6,10-13H2,1-2H3,(H,22,24). The summed E-state index contributed by atoms with van der Waals surface area (Å²) in [6, 6.07) is 5.76. The molecule has 1 saturated heterocycles. The van der Waals surface area contributed by atoms with Crippen molar-refractivity contribution in [2.45, 2.75) is 71.0 Å². The second-order valence-corrected chi connectivity index (χ2v) is 7.11. The third kappa shape index (κ3) is 3.65. The molecule has 0 saturated carbocycles. The van der Waals surface area contributed by atoms with E-state index < -0.39 is 0 Å². The first-order chi connectivity index (χ1) is 12.2. The molecule has 2 aliphatic heterocycles. The minimum Gasteiger partial charge on any atom is -0.385 e. The Bertz CT molecular complexity index is 644. The van der Waals surface area contributed by atoms with Gasteiger partial charge >= 0.3 is 0 Å². The van der Waals surface area contributed by atoms with Gasteiger partial charge in [0, 0.05) is 35.9 Å². The molecule has 1 aromatic carbocycles. The minimum absolute atomic E-state index is 0.00305. The first-order valence-electron chi connectivity index (χ1n) is 9.62. The third-order valence-electron chi connectivity index (χ3n) is 5.40. The Morgan fingerprint density at radius 2 is 2.04 bits per heavy atom. The molecule has 2 atom stereocenters. The summed E-state index contributed by atoms with van der Waals surface area (Å²) < 4.78 is 0. The molecule has 1 aromatic rings. The van der Waals surface area contributed by atoms with Crippen LogP contribution in [0.25, 0.3) is 0 Å². The van der Waals surface area contributed by atoms with E-state index in [0.717, 1.165) is 49.0 Å². The molecule has 1 fully saturated rings. The average Bonchev–Trinajstić information content (AvgIpc) is 2.96. The molecule has 0 aliphatic carbocycles. The molecule has 2 unspecified atom stereocenters. The van der Waals surface area contributed by atoms with Crippen LogP contribution in [0.4, 0.5) is 5.69 Å². The Morgan fingerprint density at radius 3 is 2.76 bits per heavy atom. The highest BCUT2D eigenvalue weighted by molar-refractivity contribution is 6.02. The predicted octanol–water partition coefficient (Wildman–Crippen LogP) is 3.30. The summed E-state index contributed by atoms with van der Waals surface area (Å²) in [7, 11) is 0. The number of benzene rings is 1. The van der Waals surface area contributed by atoms with Gasteiger partial charge in [-0.05, 0) is 37.8 Å². The molecule has 2 aliphatic rings. The zero-order valence-electron chi connectivity index (χ0n) is 15.3. The number of hydrogen-bond donors (Lipinski definition) is 2. The first kappa shape index (κ1) is 17.8. The molecule has 25 heavy (non-hydrogen) atoms. The van der Waals surface area contributed by atoms with Gasteiger partial charge in [-0.25, -0.2) is 0 Å². The van der Waals surface area contributed by atoms with E-state index in [-0.39, 0.29) is 23.9 Å². The Hall–Kier alpha value is -2.04. The van der Waals surface area contributed by atoms with Crippen LogP contribution in [0.15, 0.2) is 18.2 Å². The molecule has 2 heterocycles. The first-order valence-corrected chi connectivity index (χ1v) is 9.62. The van der Waals surface area contributed by atoms with E-state index in [0.29, 0.717) is 6.54 Å². The van der Waals surface area contributed by atoms with E-state index in [1.807, 2.05) is 18.2 Å². The lowest BCUT2D eigenvalue weighted by atomic mass is 9.97. The van der Waals surface area contributed by atoms with Crippen LogP contribution in [-0.4, -0.2) is 35.3 Å². The quantitative estimate of drug-likeness (QED) is 0.747. The van der Waals surface area contributed by atoms with Crippen molar-refractivity contribution in [3.05, 3.63) is 29.3 Å². The fraction of sp³-hybridized carbons (Fsp3) is 0.600. The highest BCUT2D eigenvalue weighted by Crippen LogP contribution is 2.32. The van der Waals surface area contributed by atoms with Gasteiger partial charge in [0.2, 0.25) is 5.91 Å². The zero-order chi connectivity index (χ0) is 17.8. The summed E-state index contributed by atoms with van der Waals surface area (Å²) in [5, 5.41) is 6.53. The molecule has 5 heteroatoms. The normalized spacial score (nSPS) is 22.7. The molecule has 2 N–H and O–H groups in total. The fourth-order valence-electron chi connectivity index (χ4n) is 3.83. The maximum atomic E-state index is 12.8. The fourth-order valence-corrected chi connectivity index (χ4v) is 3.83. The highest BCUT2D eigenvalue weighted by atomic mass is 16.2. The van der Waals surface area contributed by atoms with Crippen molar-refractivity contribution in [3.63, 3.8) is 0 Å². The molecule has 0 radical (unpaired) electrons. The van der Waals surface area contributed by atoms with Gasteiger partial charge in [-0.1, -0.05) is 32.8 Å². The minimum atomic E-state index is -0.337. The summed E-state index contributed by atoms with van der Waals surface area (Å²) in [4.78, 5) is 27.0. The summed E-state index contributed by atoms with van der Waals surface area (Å²) in [6.07, 6.45) is 6.16. The summed E-state index contributed by atoms with van der Waals surface area (Å²) >= 11 is 0. The smallest absolute Gasteiger partial charge is 0.255 e. The number of nitrogens with zero attached hydrogens (tertiary/aromatic N) is 1. The van der Waals surface area contributed by atoms with Gasteiger partial charge in [-0.2, -0.15) is 0 Å². The van der Waals surface area contributed by atoms with Crippen molar-refractivity contribution in [1.29, 1.82) is 0 Å². The van der Waals surface area contributed by atoms with Crippen LogP contribution >= 0.6 is 0 Å². The Balaban J connectivity index is 1.71. The molecule has 0 aromatic heterocycles. The Labute approximate surface area is 150 Å². The number of nitrogens with one attached hydrogen (secondary N) is 2. The number of fused-ring (bicyclic) bond motifs is 1. The van der Waals surface area contributed by atoms with Crippen LogP contribution in [0.5, 0.6) is 0 Å². The van der Waals surface area contributed by atoms with Crippen molar-refractivity contribution < 1.29 is 9.59 Å².